The van der Waals surface area contributed by atoms with Gasteiger partial charge in [0.1, 0.15) is 5.75 Å². The lowest BCUT2D eigenvalue weighted by molar-refractivity contribution is 0.410. The average molecular weight is 246 g/mol. The molecule has 0 amide bonds. The van der Waals surface area contributed by atoms with Crippen molar-refractivity contribution in [2.45, 2.75) is 26.7 Å². The van der Waals surface area contributed by atoms with Gasteiger partial charge < -0.3 is 9.64 Å². The van der Waals surface area contributed by atoms with E-state index in [1.54, 1.807) is 7.11 Å². The molecule has 0 saturated carbocycles. The van der Waals surface area contributed by atoms with Crippen molar-refractivity contribution in [1.82, 2.24) is 0 Å². The normalized spacial score (nSPS) is 11.7. The van der Waals surface area contributed by atoms with Crippen LogP contribution in [0.4, 0.5) is 5.69 Å². The Morgan fingerprint density at radius 2 is 2.11 bits per heavy atom. The largest absolute Gasteiger partial charge is 0.496 e. The van der Waals surface area contributed by atoms with E-state index in [9.17, 15) is 0 Å². The molecule has 1 aromatic carbocycles. The number of nitrogens with zero attached hydrogens (tertiary/aromatic N) is 2. The fourth-order valence-corrected chi connectivity index (χ4v) is 1.98. The van der Waals surface area contributed by atoms with Crippen molar-refractivity contribution in [3.8, 4) is 11.8 Å². The van der Waals surface area contributed by atoms with E-state index in [4.69, 9.17) is 10.00 Å². The van der Waals surface area contributed by atoms with Crippen molar-refractivity contribution in [1.29, 1.82) is 5.26 Å². The van der Waals surface area contributed by atoms with Crippen LogP contribution in [0.25, 0.3) is 0 Å². The summed E-state index contributed by atoms with van der Waals surface area (Å²) in [7, 11) is 3.72. The highest BCUT2D eigenvalue weighted by atomic mass is 16.5. The first-order valence-electron chi connectivity index (χ1n) is 6.43. The number of hydrogen-bond donors (Lipinski definition) is 0. The fraction of sp³-hybridized carbons (Fsp3) is 0.533. The molecule has 0 aliphatic rings. The Morgan fingerprint density at radius 3 is 2.61 bits per heavy atom. The van der Waals surface area contributed by atoms with Gasteiger partial charge in [-0.25, -0.2) is 0 Å². The molecular formula is C15H22N2O. The fourth-order valence-electron chi connectivity index (χ4n) is 1.98. The zero-order valence-corrected chi connectivity index (χ0v) is 11.7. The number of ether oxygens (including phenoxy) is 1. The molecule has 0 aromatic heterocycles. The van der Waals surface area contributed by atoms with E-state index >= 15 is 0 Å². The van der Waals surface area contributed by atoms with E-state index in [-0.39, 0.29) is 5.92 Å². The lowest BCUT2D eigenvalue weighted by Crippen LogP contribution is -2.24. The standard InChI is InChI=1S/C15H22N2O/c1-5-12(10-16)11-17(3)14-7-8-15(18-4)13(6-2)9-14/h7-9,12H,5-6,11H2,1-4H3. The second kappa shape index (κ2) is 6.90. The number of benzene rings is 1. The van der Waals surface area contributed by atoms with Crippen LogP contribution in [0.15, 0.2) is 18.2 Å². The summed E-state index contributed by atoms with van der Waals surface area (Å²) in [4.78, 5) is 2.13. The predicted molar refractivity (Wildman–Crippen MR) is 75.0 cm³/mol. The molecule has 18 heavy (non-hydrogen) atoms. The van der Waals surface area contributed by atoms with Gasteiger partial charge in [0, 0.05) is 19.3 Å². The Labute approximate surface area is 110 Å². The summed E-state index contributed by atoms with van der Waals surface area (Å²) in [6.45, 7) is 4.93. The smallest absolute Gasteiger partial charge is 0.122 e. The minimum atomic E-state index is 0.0854. The van der Waals surface area contributed by atoms with Gasteiger partial charge in [0.05, 0.1) is 19.1 Å². The Hall–Kier alpha value is -1.69. The maximum Gasteiger partial charge on any atom is 0.122 e. The number of rotatable bonds is 6. The van der Waals surface area contributed by atoms with Gasteiger partial charge in [-0.05, 0) is 36.6 Å². The Morgan fingerprint density at radius 1 is 1.39 bits per heavy atom. The maximum absolute atomic E-state index is 9.01. The first-order valence-corrected chi connectivity index (χ1v) is 6.43. The van der Waals surface area contributed by atoms with Crippen molar-refractivity contribution in [2.24, 2.45) is 5.92 Å². The minimum Gasteiger partial charge on any atom is -0.496 e. The van der Waals surface area contributed by atoms with Crippen LogP contribution in [-0.2, 0) is 6.42 Å². The molecule has 0 heterocycles. The van der Waals surface area contributed by atoms with Crippen molar-refractivity contribution in [3.05, 3.63) is 23.8 Å². The second-order valence-corrected chi connectivity index (χ2v) is 4.46. The van der Waals surface area contributed by atoms with E-state index in [1.165, 1.54) is 5.56 Å². The van der Waals surface area contributed by atoms with Crippen LogP contribution in [0.2, 0.25) is 0 Å². The van der Waals surface area contributed by atoms with Crippen molar-refractivity contribution in [2.75, 3.05) is 25.6 Å². The van der Waals surface area contributed by atoms with Crippen LogP contribution in [0.3, 0.4) is 0 Å². The van der Waals surface area contributed by atoms with Gasteiger partial charge in [0.15, 0.2) is 0 Å². The summed E-state index contributed by atoms with van der Waals surface area (Å²) in [5, 5.41) is 9.01. The van der Waals surface area contributed by atoms with Gasteiger partial charge in [-0.15, -0.1) is 0 Å². The second-order valence-electron chi connectivity index (χ2n) is 4.46. The number of hydrogen-bond acceptors (Lipinski definition) is 3. The molecule has 0 spiro atoms. The molecule has 0 N–H and O–H groups in total. The summed E-state index contributed by atoms with van der Waals surface area (Å²) >= 11 is 0. The molecule has 0 radical (unpaired) electrons. The molecule has 0 aliphatic heterocycles. The highest BCUT2D eigenvalue weighted by molar-refractivity contribution is 5.53. The summed E-state index contributed by atoms with van der Waals surface area (Å²) in [6, 6.07) is 8.52. The van der Waals surface area contributed by atoms with Crippen molar-refractivity contribution < 1.29 is 4.74 Å². The molecule has 0 fully saturated rings. The van der Waals surface area contributed by atoms with Crippen LogP contribution in [-0.4, -0.2) is 20.7 Å². The predicted octanol–water partition coefficient (Wildman–Crippen LogP) is 3.24. The molecule has 1 rings (SSSR count). The topological polar surface area (TPSA) is 36.3 Å². The number of anilines is 1. The van der Waals surface area contributed by atoms with Gasteiger partial charge in [0.2, 0.25) is 0 Å². The first-order chi connectivity index (χ1) is 8.65. The van der Waals surface area contributed by atoms with Gasteiger partial charge in [-0.1, -0.05) is 13.8 Å². The maximum atomic E-state index is 9.01. The van der Waals surface area contributed by atoms with Crippen molar-refractivity contribution in [3.63, 3.8) is 0 Å². The lowest BCUT2D eigenvalue weighted by Gasteiger charge is -2.22. The molecule has 0 bridgehead atoms. The molecule has 1 aromatic rings. The summed E-state index contributed by atoms with van der Waals surface area (Å²) in [5.74, 6) is 1.02. The molecule has 98 valence electrons. The SMILES string of the molecule is CCc1cc(N(C)CC(C#N)CC)ccc1OC. The number of methoxy groups -OCH3 is 1. The first kappa shape index (κ1) is 14.4. The van der Waals surface area contributed by atoms with Crippen molar-refractivity contribution >= 4 is 5.69 Å². The molecule has 0 aliphatic carbocycles. The Bertz CT molecular complexity index is 423. The van der Waals surface area contributed by atoms with Crippen LogP contribution < -0.4 is 9.64 Å². The number of aryl methyl sites for hydroxylation is 1. The van der Waals surface area contributed by atoms with Crippen LogP contribution in [0.1, 0.15) is 25.8 Å². The molecule has 0 saturated heterocycles. The quantitative estimate of drug-likeness (QED) is 0.773. The van der Waals surface area contributed by atoms with E-state index in [0.717, 1.165) is 30.8 Å². The third kappa shape index (κ3) is 3.40. The molecule has 3 nitrogen and oxygen atoms in total. The van der Waals surface area contributed by atoms with E-state index < -0.39 is 0 Å². The van der Waals surface area contributed by atoms with Crippen LogP contribution in [0.5, 0.6) is 5.75 Å². The average Bonchev–Trinajstić information content (AvgIpc) is 2.43. The zero-order chi connectivity index (χ0) is 13.5. The number of nitriles is 1. The van der Waals surface area contributed by atoms with E-state index in [1.807, 2.05) is 26.1 Å². The Balaban J connectivity index is 2.86. The molecule has 1 atom stereocenters. The van der Waals surface area contributed by atoms with Gasteiger partial charge in [-0.3, -0.25) is 0 Å². The third-order valence-electron chi connectivity index (χ3n) is 3.26. The van der Waals surface area contributed by atoms with Crippen LogP contribution >= 0.6 is 0 Å². The molecular weight excluding hydrogens is 224 g/mol. The Kier molecular flexibility index (Phi) is 5.51. The van der Waals surface area contributed by atoms with Gasteiger partial charge >= 0.3 is 0 Å². The highest BCUT2D eigenvalue weighted by Gasteiger charge is 2.11. The summed E-state index contributed by atoms with van der Waals surface area (Å²) < 4.78 is 5.32. The van der Waals surface area contributed by atoms with E-state index in [0.29, 0.717) is 0 Å². The molecule has 1 unspecified atom stereocenters. The zero-order valence-electron chi connectivity index (χ0n) is 11.7. The summed E-state index contributed by atoms with van der Waals surface area (Å²) in [5.41, 5.74) is 2.34. The monoisotopic (exact) mass is 246 g/mol. The highest BCUT2D eigenvalue weighted by Crippen LogP contribution is 2.25. The van der Waals surface area contributed by atoms with Gasteiger partial charge in [0.25, 0.3) is 0 Å². The minimum absolute atomic E-state index is 0.0854. The lowest BCUT2D eigenvalue weighted by atomic mass is 10.1. The van der Waals surface area contributed by atoms with Gasteiger partial charge in [-0.2, -0.15) is 5.26 Å². The third-order valence-corrected chi connectivity index (χ3v) is 3.26. The molecule has 3 heteroatoms. The summed E-state index contributed by atoms with van der Waals surface area (Å²) in [6.07, 6.45) is 1.83. The van der Waals surface area contributed by atoms with E-state index in [2.05, 4.69) is 24.0 Å². The van der Waals surface area contributed by atoms with Crippen LogP contribution in [0, 0.1) is 17.2 Å².